The van der Waals surface area contributed by atoms with Gasteiger partial charge in [0.2, 0.25) is 5.88 Å². The molecule has 7 N–H and O–H groups in total. The van der Waals surface area contributed by atoms with Crippen molar-refractivity contribution in [1.29, 1.82) is 0 Å². The van der Waals surface area contributed by atoms with Gasteiger partial charge in [0.15, 0.2) is 23.7 Å². The Morgan fingerprint density at radius 3 is 1.92 bits per heavy atom. The zero-order chi connectivity index (χ0) is 36.1. The highest BCUT2D eigenvalue weighted by atomic mass is 16.5. The van der Waals surface area contributed by atoms with E-state index < -0.39 is 48.9 Å². The third-order valence-corrected chi connectivity index (χ3v) is 7.04. The Labute approximate surface area is 274 Å². The van der Waals surface area contributed by atoms with Crippen LogP contribution in [-0.2, 0) is 19.2 Å². The number of nitrogens with zero attached hydrogens (tertiary/aromatic N) is 3. The second-order valence-corrected chi connectivity index (χ2v) is 10.3. The van der Waals surface area contributed by atoms with E-state index in [4.69, 9.17) is 54.6 Å². The molecule has 2 aromatic rings. The molecule has 0 radical (unpaired) electrons. The smallest absolute Gasteiger partial charge is 0.333 e. The highest BCUT2D eigenvalue weighted by Gasteiger charge is 2.38. The van der Waals surface area contributed by atoms with Crippen molar-refractivity contribution >= 4 is 29.6 Å². The Bertz CT molecular complexity index is 1450. The fraction of sp³-hybridized carbons (Fsp3) is 0.500. The first-order valence-electron chi connectivity index (χ1n) is 14.5. The molecular formula is C30H39N3O15. The summed E-state index contributed by atoms with van der Waals surface area (Å²) in [6.07, 6.45) is -1.53. The number of carbonyl (C=O) groups is 4. The second kappa shape index (κ2) is 18.3. The van der Waals surface area contributed by atoms with Gasteiger partial charge in [0, 0.05) is 17.7 Å². The molecule has 0 amide bonds. The van der Waals surface area contributed by atoms with Gasteiger partial charge in [-0.2, -0.15) is 4.98 Å². The number of aliphatic carboxylic acids is 4. The summed E-state index contributed by atoms with van der Waals surface area (Å²) in [7, 11) is 4.70. The molecule has 1 aliphatic heterocycles. The Kier molecular flexibility index (Phi) is 14.9. The van der Waals surface area contributed by atoms with Crippen molar-refractivity contribution in [3.8, 4) is 23.4 Å². The van der Waals surface area contributed by atoms with E-state index in [1.807, 2.05) is 19.1 Å². The van der Waals surface area contributed by atoms with Gasteiger partial charge in [-0.15, -0.1) is 0 Å². The summed E-state index contributed by atoms with van der Waals surface area (Å²) in [5.74, 6) is -3.86. The van der Waals surface area contributed by atoms with Gasteiger partial charge in [-0.3, -0.25) is 14.6 Å². The van der Waals surface area contributed by atoms with Crippen molar-refractivity contribution in [3.63, 3.8) is 0 Å². The SMILES string of the molecule is CCOc1cc2c(cc1OC)C(c1cnc(OC)nc1OC)=N[C@@H]1CC[C@@H](O)C[C@H]21.O=C(O)C[C@H](O)C(=O)O.O=C(O)C[C@H](O)C(=O)O. The molecule has 1 saturated carbocycles. The number of hydrogen-bond acceptors (Lipinski definition) is 14. The summed E-state index contributed by atoms with van der Waals surface area (Å²) < 4.78 is 22.1. The molecule has 1 aromatic carbocycles. The summed E-state index contributed by atoms with van der Waals surface area (Å²) in [6, 6.07) is 4.26. The van der Waals surface area contributed by atoms with Crippen LogP contribution in [0.3, 0.4) is 0 Å². The molecule has 1 aromatic heterocycles. The molecule has 4 rings (SSSR count). The molecule has 1 fully saturated rings. The Morgan fingerprint density at radius 1 is 0.854 bits per heavy atom. The number of rotatable bonds is 12. The summed E-state index contributed by atoms with van der Waals surface area (Å²) in [4.78, 5) is 52.5. The molecule has 18 nitrogen and oxygen atoms in total. The molecule has 0 saturated heterocycles. The van der Waals surface area contributed by atoms with Crippen LogP contribution in [0, 0.1) is 0 Å². The topological polar surface area (TPSA) is 285 Å². The maximum Gasteiger partial charge on any atom is 0.333 e. The standard InChI is InChI=1S/C22H27N3O5.2C4H6O5/c1-5-30-19-9-13-14-8-12(26)6-7-17(14)24-20(15(13)10-18(19)27-2)16-11-23-22(29-4)25-21(16)28-3;2*5-2(4(8)9)1-3(6)7/h9-12,14,17,26H,5-8H2,1-4H3;2*2,5H,1H2,(H,6,7)(H,8,9)/t12-,14-,17-;2*2-/m100/s1. The summed E-state index contributed by atoms with van der Waals surface area (Å²) in [6.45, 7) is 2.48. The number of carboxylic acids is 4. The zero-order valence-electron chi connectivity index (χ0n) is 26.6. The van der Waals surface area contributed by atoms with Gasteiger partial charge in [-0.05, 0) is 43.9 Å². The molecule has 18 heteroatoms. The number of aromatic nitrogens is 2. The third-order valence-electron chi connectivity index (χ3n) is 7.04. The van der Waals surface area contributed by atoms with Gasteiger partial charge in [-0.1, -0.05) is 0 Å². The van der Waals surface area contributed by atoms with Crippen molar-refractivity contribution in [1.82, 2.24) is 9.97 Å². The van der Waals surface area contributed by atoms with Crippen LogP contribution in [0.1, 0.15) is 61.6 Å². The highest BCUT2D eigenvalue weighted by Crippen LogP contribution is 2.45. The lowest BCUT2D eigenvalue weighted by atomic mass is 9.74. The lowest BCUT2D eigenvalue weighted by Crippen LogP contribution is -2.34. The Balaban J connectivity index is 0.000000366. The molecule has 1 aliphatic carbocycles. The molecule has 0 bridgehead atoms. The van der Waals surface area contributed by atoms with Crippen molar-refractivity contribution in [3.05, 3.63) is 35.0 Å². The minimum atomic E-state index is -1.79. The van der Waals surface area contributed by atoms with Crippen LogP contribution in [0.15, 0.2) is 23.3 Å². The van der Waals surface area contributed by atoms with Crippen molar-refractivity contribution < 1.29 is 73.9 Å². The minimum Gasteiger partial charge on any atom is -0.493 e. The number of aliphatic hydroxyl groups is 3. The van der Waals surface area contributed by atoms with E-state index in [2.05, 4.69) is 9.97 Å². The predicted octanol–water partition coefficient (Wildman–Crippen LogP) is 0.562. The number of hydrogen-bond donors (Lipinski definition) is 7. The highest BCUT2D eigenvalue weighted by molar-refractivity contribution is 6.16. The van der Waals surface area contributed by atoms with Crippen LogP contribution >= 0.6 is 0 Å². The monoisotopic (exact) mass is 681 g/mol. The van der Waals surface area contributed by atoms with Gasteiger partial charge in [0.1, 0.15) is 0 Å². The second-order valence-electron chi connectivity index (χ2n) is 10.3. The first-order valence-corrected chi connectivity index (χ1v) is 14.5. The molecule has 2 heterocycles. The number of methoxy groups -OCH3 is 3. The molecule has 5 atom stereocenters. The number of aliphatic hydroxyl groups excluding tert-OH is 3. The molecule has 2 aliphatic rings. The van der Waals surface area contributed by atoms with Crippen LogP contribution in [-0.4, -0.2) is 128 Å². The summed E-state index contributed by atoms with van der Waals surface area (Å²) in [5.41, 5.74) is 3.45. The average molecular weight is 682 g/mol. The van der Waals surface area contributed by atoms with Gasteiger partial charge in [0.25, 0.3) is 0 Å². The van der Waals surface area contributed by atoms with E-state index in [0.717, 1.165) is 29.7 Å². The maximum absolute atomic E-state index is 10.3. The molecule has 0 spiro atoms. The fourth-order valence-electron chi connectivity index (χ4n) is 4.86. The molecule has 48 heavy (non-hydrogen) atoms. The Morgan fingerprint density at radius 2 is 1.46 bits per heavy atom. The van der Waals surface area contributed by atoms with Crippen molar-refractivity contribution in [2.45, 2.75) is 69.3 Å². The van der Waals surface area contributed by atoms with E-state index in [1.54, 1.807) is 20.4 Å². The number of carboxylic acid groups (broad SMARTS) is 4. The van der Waals surface area contributed by atoms with Gasteiger partial charge in [-0.25, -0.2) is 14.6 Å². The molecule has 0 unspecified atom stereocenters. The van der Waals surface area contributed by atoms with E-state index in [0.29, 0.717) is 36.0 Å². The van der Waals surface area contributed by atoms with E-state index in [-0.39, 0.29) is 24.1 Å². The summed E-state index contributed by atoms with van der Waals surface area (Å²) >= 11 is 0. The summed E-state index contributed by atoms with van der Waals surface area (Å²) in [5, 5.41) is 58.6. The molecule has 264 valence electrons. The van der Waals surface area contributed by atoms with E-state index in [1.165, 1.54) is 7.11 Å². The van der Waals surface area contributed by atoms with Crippen LogP contribution in [0.25, 0.3) is 0 Å². The lowest BCUT2D eigenvalue weighted by Gasteiger charge is -2.37. The van der Waals surface area contributed by atoms with Gasteiger partial charge < -0.3 is 54.7 Å². The third kappa shape index (κ3) is 10.7. The van der Waals surface area contributed by atoms with Gasteiger partial charge >= 0.3 is 29.9 Å². The lowest BCUT2D eigenvalue weighted by molar-refractivity contribution is -0.153. The van der Waals surface area contributed by atoms with E-state index in [9.17, 15) is 24.3 Å². The van der Waals surface area contributed by atoms with Crippen LogP contribution < -0.4 is 18.9 Å². The van der Waals surface area contributed by atoms with Gasteiger partial charge in [0.05, 0.1) is 64.2 Å². The largest absolute Gasteiger partial charge is 0.493 e. The number of aliphatic imine (C=N–C) groups is 1. The average Bonchev–Trinajstić information content (AvgIpc) is 3.04. The first-order chi connectivity index (χ1) is 22.7. The Hall–Kier alpha value is -5.07. The van der Waals surface area contributed by atoms with E-state index >= 15 is 0 Å². The maximum atomic E-state index is 10.3. The number of ether oxygens (including phenoxy) is 4. The van der Waals surface area contributed by atoms with Crippen LogP contribution in [0.2, 0.25) is 0 Å². The minimum absolute atomic E-state index is 0.0607. The van der Waals surface area contributed by atoms with Crippen LogP contribution in [0.4, 0.5) is 0 Å². The quantitative estimate of drug-likeness (QED) is 0.161. The predicted molar refractivity (Wildman–Crippen MR) is 163 cm³/mol. The van der Waals surface area contributed by atoms with Crippen LogP contribution in [0.5, 0.6) is 23.4 Å². The fourth-order valence-corrected chi connectivity index (χ4v) is 4.86. The first kappa shape index (κ1) is 39.1. The van der Waals surface area contributed by atoms with Crippen molar-refractivity contribution in [2.24, 2.45) is 4.99 Å². The number of fused-ring (bicyclic) bond motifs is 3. The normalized spacial score (nSPS) is 18.7. The number of benzene rings is 1. The molecular weight excluding hydrogens is 642 g/mol. The van der Waals surface area contributed by atoms with Crippen molar-refractivity contribution in [2.75, 3.05) is 27.9 Å². The zero-order valence-corrected chi connectivity index (χ0v) is 26.6.